The van der Waals surface area contributed by atoms with Crippen LogP contribution in [-0.4, -0.2) is 18.6 Å². The first-order chi connectivity index (χ1) is 11.3. The van der Waals surface area contributed by atoms with Crippen LogP contribution < -0.4 is 10.1 Å². The molecule has 0 unspecified atom stereocenters. The molecule has 1 aromatic rings. The summed E-state index contributed by atoms with van der Waals surface area (Å²) in [6.07, 6.45) is 5.31. The lowest BCUT2D eigenvalue weighted by Crippen LogP contribution is -2.39. The monoisotopic (exact) mass is 339 g/mol. The Morgan fingerprint density at radius 1 is 1.29 bits per heavy atom. The van der Waals surface area contributed by atoms with Crippen LogP contribution in [0.2, 0.25) is 0 Å². The fourth-order valence-electron chi connectivity index (χ4n) is 3.39. The van der Waals surface area contributed by atoms with Gasteiger partial charge in [0.2, 0.25) is 0 Å². The molecular formula is C19H27F2NO2. The van der Waals surface area contributed by atoms with Crippen LogP contribution in [0.5, 0.6) is 5.75 Å². The van der Waals surface area contributed by atoms with Gasteiger partial charge < -0.3 is 10.1 Å². The quantitative estimate of drug-likeness (QED) is 0.791. The molecule has 0 spiro atoms. The van der Waals surface area contributed by atoms with Crippen molar-refractivity contribution in [2.24, 2.45) is 11.3 Å². The molecule has 0 aromatic heterocycles. The number of benzene rings is 1. The largest absolute Gasteiger partial charge is 0.435 e. The molecule has 1 amide bonds. The highest BCUT2D eigenvalue weighted by atomic mass is 19.3. The van der Waals surface area contributed by atoms with Crippen molar-refractivity contribution in [1.29, 1.82) is 0 Å². The average Bonchev–Trinajstić information content (AvgIpc) is 2.55. The summed E-state index contributed by atoms with van der Waals surface area (Å²) < 4.78 is 28.9. The Hall–Kier alpha value is -1.65. The predicted octanol–water partition coefficient (Wildman–Crippen LogP) is 5.01. The van der Waals surface area contributed by atoms with Crippen molar-refractivity contribution in [3.63, 3.8) is 0 Å². The molecule has 0 radical (unpaired) electrons. The number of ether oxygens (including phenoxy) is 1. The maximum Gasteiger partial charge on any atom is 0.387 e. The first kappa shape index (κ1) is 18.7. The summed E-state index contributed by atoms with van der Waals surface area (Å²) >= 11 is 0. The maximum absolute atomic E-state index is 12.3. The molecule has 5 heteroatoms. The van der Waals surface area contributed by atoms with Crippen LogP contribution in [0, 0.1) is 11.3 Å². The first-order valence-corrected chi connectivity index (χ1v) is 8.67. The van der Waals surface area contributed by atoms with E-state index in [0.717, 1.165) is 32.1 Å². The Balaban J connectivity index is 1.90. The van der Waals surface area contributed by atoms with Crippen LogP contribution in [0.4, 0.5) is 8.78 Å². The zero-order valence-electron chi connectivity index (χ0n) is 14.6. The second-order valence-corrected chi connectivity index (χ2v) is 7.27. The number of hydrogen-bond donors (Lipinski definition) is 1. The van der Waals surface area contributed by atoms with Crippen molar-refractivity contribution in [3.8, 4) is 5.75 Å². The number of halogens is 2. The van der Waals surface area contributed by atoms with Gasteiger partial charge in [0, 0.05) is 11.6 Å². The van der Waals surface area contributed by atoms with E-state index in [9.17, 15) is 13.6 Å². The molecule has 0 bridgehead atoms. The summed E-state index contributed by atoms with van der Waals surface area (Å²) in [5, 5.41) is 3.02. The number of hydrogen-bond acceptors (Lipinski definition) is 2. The summed E-state index contributed by atoms with van der Waals surface area (Å²) in [6, 6.07) is 6.09. The molecule has 0 atom stereocenters. The van der Waals surface area contributed by atoms with Crippen molar-refractivity contribution >= 4 is 5.91 Å². The van der Waals surface area contributed by atoms with E-state index in [-0.39, 0.29) is 17.7 Å². The topological polar surface area (TPSA) is 38.3 Å². The van der Waals surface area contributed by atoms with Crippen LogP contribution in [0.25, 0.3) is 0 Å². The van der Waals surface area contributed by atoms with Crippen molar-refractivity contribution in [1.82, 2.24) is 5.32 Å². The summed E-state index contributed by atoms with van der Waals surface area (Å²) in [6.45, 7) is 3.96. The fourth-order valence-corrected chi connectivity index (χ4v) is 3.39. The maximum atomic E-state index is 12.3. The molecule has 3 nitrogen and oxygen atoms in total. The summed E-state index contributed by atoms with van der Waals surface area (Å²) in [5.74, 6) is 0.470. The smallest absolute Gasteiger partial charge is 0.387 e. The van der Waals surface area contributed by atoms with Gasteiger partial charge in [-0.25, -0.2) is 0 Å². The minimum atomic E-state index is -2.89. The lowest BCUT2D eigenvalue weighted by Gasteiger charge is -2.39. The van der Waals surface area contributed by atoms with E-state index in [2.05, 4.69) is 30.8 Å². The van der Waals surface area contributed by atoms with Crippen LogP contribution in [0.1, 0.15) is 63.2 Å². The lowest BCUT2D eigenvalue weighted by atomic mass is 9.69. The summed E-state index contributed by atoms with van der Waals surface area (Å²) in [4.78, 5) is 12.3. The van der Waals surface area contributed by atoms with Gasteiger partial charge in [-0.15, -0.1) is 0 Å². The molecule has 2 rings (SSSR count). The van der Waals surface area contributed by atoms with Gasteiger partial charge in [0.05, 0.1) is 0 Å². The standard InChI is InChI=1S/C19H27F2NO2/c1-4-19(2,3)14-8-10-15(11-9-14)22-17(23)13-6-5-7-16(12-13)24-18(20)21/h5-7,12,14-15,18H,4,8-11H2,1-3H3,(H,22,23). The van der Waals surface area contributed by atoms with E-state index in [4.69, 9.17) is 0 Å². The van der Waals surface area contributed by atoms with E-state index < -0.39 is 6.61 Å². The number of carbonyl (C=O) groups is 1. The number of rotatable bonds is 6. The molecule has 0 aliphatic heterocycles. The molecule has 24 heavy (non-hydrogen) atoms. The molecule has 0 saturated heterocycles. The third-order valence-corrected chi connectivity index (χ3v) is 5.40. The van der Waals surface area contributed by atoms with E-state index in [1.807, 2.05) is 0 Å². The van der Waals surface area contributed by atoms with Crippen LogP contribution >= 0.6 is 0 Å². The predicted molar refractivity (Wildman–Crippen MR) is 90.4 cm³/mol. The second kappa shape index (κ2) is 7.95. The van der Waals surface area contributed by atoms with Crippen LogP contribution in [0.15, 0.2) is 24.3 Å². The molecule has 1 fully saturated rings. The number of nitrogens with one attached hydrogen (secondary N) is 1. The SMILES string of the molecule is CCC(C)(C)C1CCC(NC(=O)c2cccc(OC(F)F)c2)CC1. The highest BCUT2D eigenvalue weighted by molar-refractivity contribution is 5.94. The van der Waals surface area contributed by atoms with Gasteiger partial charge in [0.25, 0.3) is 5.91 Å². The third kappa shape index (κ3) is 4.92. The van der Waals surface area contributed by atoms with E-state index >= 15 is 0 Å². The molecule has 0 heterocycles. The zero-order chi connectivity index (χ0) is 17.7. The summed E-state index contributed by atoms with van der Waals surface area (Å²) in [7, 11) is 0. The van der Waals surface area contributed by atoms with E-state index in [1.165, 1.54) is 12.1 Å². The Bertz CT molecular complexity index is 552. The Labute approximate surface area is 142 Å². The van der Waals surface area contributed by atoms with Crippen molar-refractivity contribution in [2.45, 2.75) is 65.5 Å². The zero-order valence-corrected chi connectivity index (χ0v) is 14.6. The van der Waals surface area contributed by atoms with Crippen LogP contribution in [0.3, 0.4) is 0 Å². The lowest BCUT2D eigenvalue weighted by molar-refractivity contribution is -0.0498. The van der Waals surface area contributed by atoms with Gasteiger partial charge in [-0.3, -0.25) is 4.79 Å². The number of amides is 1. The van der Waals surface area contributed by atoms with Gasteiger partial charge in [-0.05, 0) is 55.2 Å². The minimum Gasteiger partial charge on any atom is -0.435 e. The molecule has 1 N–H and O–H groups in total. The second-order valence-electron chi connectivity index (χ2n) is 7.27. The van der Waals surface area contributed by atoms with Crippen molar-refractivity contribution in [3.05, 3.63) is 29.8 Å². The fraction of sp³-hybridized carbons (Fsp3) is 0.632. The summed E-state index contributed by atoms with van der Waals surface area (Å²) in [5.41, 5.74) is 0.694. The first-order valence-electron chi connectivity index (χ1n) is 8.67. The van der Waals surface area contributed by atoms with E-state index in [1.54, 1.807) is 12.1 Å². The van der Waals surface area contributed by atoms with Gasteiger partial charge >= 0.3 is 6.61 Å². The van der Waals surface area contributed by atoms with E-state index in [0.29, 0.717) is 16.9 Å². The van der Waals surface area contributed by atoms with Crippen LogP contribution in [-0.2, 0) is 0 Å². The Morgan fingerprint density at radius 2 is 1.96 bits per heavy atom. The minimum absolute atomic E-state index is 0.00561. The van der Waals surface area contributed by atoms with Gasteiger partial charge in [-0.2, -0.15) is 8.78 Å². The Morgan fingerprint density at radius 3 is 2.54 bits per heavy atom. The molecule has 134 valence electrons. The molecule has 1 saturated carbocycles. The average molecular weight is 339 g/mol. The molecule has 1 aliphatic carbocycles. The molecule has 1 aromatic carbocycles. The highest BCUT2D eigenvalue weighted by Gasteiger charge is 2.32. The molecular weight excluding hydrogens is 312 g/mol. The Kier molecular flexibility index (Phi) is 6.19. The normalized spacial score (nSPS) is 21.6. The third-order valence-electron chi connectivity index (χ3n) is 5.40. The van der Waals surface area contributed by atoms with Gasteiger partial charge in [0.15, 0.2) is 0 Å². The van der Waals surface area contributed by atoms with Gasteiger partial charge in [-0.1, -0.05) is 33.3 Å². The van der Waals surface area contributed by atoms with Gasteiger partial charge in [0.1, 0.15) is 5.75 Å². The van der Waals surface area contributed by atoms with Crippen molar-refractivity contribution in [2.75, 3.05) is 0 Å². The van der Waals surface area contributed by atoms with Crippen molar-refractivity contribution < 1.29 is 18.3 Å². The molecule has 1 aliphatic rings. The number of carbonyl (C=O) groups excluding carboxylic acids is 1. The number of alkyl halides is 2. The highest BCUT2D eigenvalue weighted by Crippen LogP contribution is 2.40.